The SMILES string of the molecule is Cc1cc(CN2CCN(c3cc(=O)[nH]nc3-c3ccccc3)CC2)on1. The minimum Gasteiger partial charge on any atom is -0.367 e. The maximum Gasteiger partial charge on any atom is 0.266 e. The third kappa shape index (κ3) is 3.52. The zero-order valence-corrected chi connectivity index (χ0v) is 14.7. The highest BCUT2D eigenvalue weighted by Crippen LogP contribution is 2.27. The van der Waals surface area contributed by atoms with E-state index in [2.05, 4.69) is 25.2 Å². The lowest BCUT2D eigenvalue weighted by Gasteiger charge is -2.36. The van der Waals surface area contributed by atoms with Crippen molar-refractivity contribution in [3.63, 3.8) is 0 Å². The molecule has 3 aromatic rings. The zero-order chi connectivity index (χ0) is 17.9. The van der Waals surface area contributed by atoms with Gasteiger partial charge in [0.05, 0.1) is 17.9 Å². The molecule has 0 bridgehead atoms. The molecule has 0 amide bonds. The van der Waals surface area contributed by atoms with Gasteiger partial charge in [-0.2, -0.15) is 5.10 Å². The van der Waals surface area contributed by atoms with Gasteiger partial charge < -0.3 is 9.42 Å². The van der Waals surface area contributed by atoms with Gasteiger partial charge in [-0.3, -0.25) is 9.69 Å². The average Bonchev–Trinajstić information content (AvgIpc) is 3.08. The lowest BCUT2D eigenvalue weighted by molar-refractivity contribution is 0.219. The summed E-state index contributed by atoms with van der Waals surface area (Å²) in [6.45, 7) is 6.13. The summed E-state index contributed by atoms with van der Waals surface area (Å²) >= 11 is 0. The molecule has 1 N–H and O–H groups in total. The number of benzene rings is 1. The van der Waals surface area contributed by atoms with E-state index in [1.165, 1.54) is 0 Å². The minimum absolute atomic E-state index is 0.181. The van der Waals surface area contributed by atoms with Crippen molar-refractivity contribution in [3.8, 4) is 11.3 Å². The molecule has 0 unspecified atom stereocenters. The van der Waals surface area contributed by atoms with Crippen molar-refractivity contribution < 1.29 is 4.52 Å². The highest BCUT2D eigenvalue weighted by atomic mass is 16.5. The number of anilines is 1. The van der Waals surface area contributed by atoms with Crippen molar-refractivity contribution >= 4 is 5.69 Å². The van der Waals surface area contributed by atoms with Gasteiger partial charge in [-0.1, -0.05) is 35.5 Å². The molecule has 3 heterocycles. The third-order valence-electron chi connectivity index (χ3n) is 4.60. The van der Waals surface area contributed by atoms with Crippen molar-refractivity contribution in [3.05, 3.63) is 64.3 Å². The molecule has 2 aromatic heterocycles. The van der Waals surface area contributed by atoms with Gasteiger partial charge in [0.1, 0.15) is 5.69 Å². The van der Waals surface area contributed by atoms with E-state index in [1.54, 1.807) is 6.07 Å². The number of aromatic amines is 1. The number of aromatic nitrogens is 3. The summed E-state index contributed by atoms with van der Waals surface area (Å²) in [6, 6.07) is 13.6. The van der Waals surface area contributed by atoms with E-state index in [9.17, 15) is 4.79 Å². The fraction of sp³-hybridized carbons (Fsp3) is 0.316. The number of H-pyrrole nitrogens is 1. The molecule has 1 aliphatic heterocycles. The van der Waals surface area contributed by atoms with E-state index in [1.807, 2.05) is 43.3 Å². The van der Waals surface area contributed by atoms with E-state index < -0.39 is 0 Å². The predicted octanol–water partition coefficient (Wildman–Crippen LogP) is 2.06. The Kier molecular flexibility index (Phi) is 4.53. The summed E-state index contributed by atoms with van der Waals surface area (Å²) < 4.78 is 5.31. The van der Waals surface area contributed by atoms with Crippen molar-refractivity contribution in [2.45, 2.75) is 13.5 Å². The molecule has 0 atom stereocenters. The summed E-state index contributed by atoms with van der Waals surface area (Å²) in [5.41, 5.74) is 3.41. The maximum absolute atomic E-state index is 11.8. The molecule has 1 fully saturated rings. The van der Waals surface area contributed by atoms with Crippen molar-refractivity contribution in [1.29, 1.82) is 0 Å². The molecule has 1 aromatic carbocycles. The van der Waals surface area contributed by atoms with Gasteiger partial charge in [0.15, 0.2) is 5.76 Å². The predicted molar refractivity (Wildman–Crippen MR) is 99.0 cm³/mol. The second-order valence-corrected chi connectivity index (χ2v) is 6.53. The molecule has 1 saturated heterocycles. The van der Waals surface area contributed by atoms with Gasteiger partial charge in [-0.25, -0.2) is 5.10 Å². The number of aryl methyl sites for hydroxylation is 1. The monoisotopic (exact) mass is 351 g/mol. The summed E-state index contributed by atoms with van der Waals surface area (Å²) in [7, 11) is 0. The molecule has 26 heavy (non-hydrogen) atoms. The van der Waals surface area contributed by atoms with Crippen LogP contribution in [-0.2, 0) is 6.54 Å². The summed E-state index contributed by atoms with van der Waals surface area (Å²) in [4.78, 5) is 16.4. The van der Waals surface area contributed by atoms with Gasteiger partial charge in [0.25, 0.3) is 5.56 Å². The Labute approximate surface area is 151 Å². The van der Waals surface area contributed by atoms with Crippen LogP contribution in [0.2, 0.25) is 0 Å². The fourth-order valence-electron chi connectivity index (χ4n) is 3.30. The first-order valence-corrected chi connectivity index (χ1v) is 8.74. The molecule has 0 aliphatic carbocycles. The molecule has 7 heteroatoms. The van der Waals surface area contributed by atoms with Gasteiger partial charge in [0, 0.05) is 43.9 Å². The van der Waals surface area contributed by atoms with E-state index in [0.29, 0.717) is 0 Å². The third-order valence-corrected chi connectivity index (χ3v) is 4.60. The summed E-state index contributed by atoms with van der Waals surface area (Å²) in [5.74, 6) is 0.888. The van der Waals surface area contributed by atoms with Crippen molar-refractivity contribution in [1.82, 2.24) is 20.3 Å². The first-order chi connectivity index (χ1) is 12.7. The molecule has 4 rings (SSSR count). The second kappa shape index (κ2) is 7.13. The van der Waals surface area contributed by atoms with Crippen LogP contribution >= 0.6 is 0 Å². The fourth-order valence-corrected chi connectivity index (χ4v) is 3.30. The number of nitrogens with zero attached hydrogens (tertiary/aromatic N) is 4. The van der Waals surface area contributed by atoms with E-state index in [0.717, 1.165) is 61.1 Å². The highest BCUT2D eigenvalue weighted by molar-refractivity contribution is 5.74. The smallest absolute Gasteiger partial charge is 0.266 e. The lowest BCUT2D eigenvalue weighted by atomic mass is 10.1. The van der Waals surface area contributed by atoms with Crippen LogP contribution in [0.3, 0.4) is 0 Å². The van der Waals surface area contributed by atoms with E-state index >= 15 is 0 Å². The average molecular weight is 351 g/mol. The molecule has 7 nitrogen and oxygen atoms in total. The molecule has 0 radical (unpaired) electrons. The Bertz CT molecular complexity index is 926. The Balaban J connectivity index is 1.51. The number of piperazine rings is 1. The topological polar surface area (TPSA) is 78.3 Å². The second-order valence-electron chi connectivity index (χ2n) is 6.53. The number of rotatable bonds is 4. The van der Waals surface area contributed by atoms with Gasteiger partial charge >= 0.3 is 0 Å². The van der Waals surface area contributed by atoms with E-state index in [-0.39, 0.29) is 5.56 Å². The van der Waals surface area contributed by atoms with Crippen LogP contribution in [0.15, 0.2) is 51.8 Å². The van der Waals surface area contributed by atoms with Crippen molar-refractivity contribution in [2.75, 3.05) is 31.1 Å². The Morgan fingerprint density at radius 2 is 1.88 bits per heavy atom. The van der Waals surface area contributed by atoms with E-state index in [4.69, 9.17) is 4.52 Å². The molecular weight excluding hydrogens is 330 g/mol. The number of hydrogen-bond donors (Lipinski definition) is 1. The molecule has 134 valence electrons. The Morgan fingerprint density at radius 1 is 1.12 bits per heavy atom. The Morgan fingerprint density at radius 3 is 2.58 bits per heavy atom. The van der Waals surface area contributed by atoms with Crippen LogP contribution in [0.1, 0.15) is 11.5 Å². The number of nitrogens with one attached hydrogen (secondary N) is 1. The van der Waals surface area contributed by atoms with Crippen LogP contribution in [0.4, 0.5) is 5.69 Å². The lowest BCUT2D eigenvalue weighted by Crippen LogP contribution is -2.46. The van der Waals surface area contributed by atoms with Gasteiger partial charge in [-0.05, 0) is 6.92 Å². The molecule has 0 saturated carbocycles. The Hall–Kier alpha value is -2.93. The van der Waals surface area contributed by atoms with Crippen LogP contribution in [0.25, 0.3) is 11.3 Å². The standard InChI is InChI=1S/C19H21N5O2/c1-14-11-16(26-22-14)13-23-7-9-24(10-8-23)17-12-18(25)20-21-19(17)15-5-3-2-4-6-15/h2-6,11-12H,7-10,13H2,1H3,(H,20,25). The first kappa shape index (κ1) is 16.5. The van der Waals surface area contributed by atoms with Crippen LogP contribution in [0, 0.1) is 6.92 Å². The van der Waals surface area contributed by atoms with Gasteiger partial charge in [-0.15, -0.1) is 0 Å². The molecule has 0 spiro atoms. The quantitative estimate of drug-likeness (QED) is 0.775. The van der Waals surface area contributed by atoms with Crippen LogP contribution in [0.5, 0.6) is 0 Å². The molecule has 1 aliphatic rings. The normalized spacial score (nSPS) is 15.3. The maximum atomic E-state index is 11.8. The largest absolute Gasteiger partial charge is 0.367 e. The highest BCUT2D eigenvalue weighted by Gasteiger charge is 2.22. The first-order valence-electron chi connectivity index (χ1n) is 8.74. The number of hydrogen-bond acceptors (Lipinski definition) is 6. The molecular formula is C19H21N5O2. The zero-order valence-electron chi connectivity index (χ0n) is 14.7. The summed E-state index contributed by atoms with van der Waals surface area (Å²) in [5, 5.41) is 10.8. The summed E-state index contributed by atoms with van der Waals surface area (Å²) in [6.07, 6.45) is 0. The van der Waals surface area contributed by atoms with Crippen LogP contribution < -0.4 is 10.5 Å². The van der Waals surface area contributed by atoms with Crippen molar-refractivity contribution in [2.24, 2.45) is 0 Å². The minimum atomic E-state index is -0.181. The van der Waals surface area contributed by atoms with Crippen LogP contribution in [-0.4, -0.2) is 46.4 Å². The van der Waals surface area contributed by atoms with Gasteiger partial charge in [0.2, 0.25) is 0 Å².